The van der Waals surface area contributed by atoms with Crippen LogP contribution < -0.4 is 5.48 Å². The van der Waals surface area contributed by atoms with Gasteiger partial charge in [0.25, 0.3) is 0 Å². The first kappa shape index (κ1) is 12.7. The minimum Gasteiger partial charge on any atom is -0.458 e. The van der Waals surface area contributed by atoms with Crippen LogP contribution in [-0.4, -0.2) is 16.8 Å². The Labute approximate surface area is 95.2 Å². The summed E-state index contributed by atoms with van der Waals surface area (Å²) < 4.78 is 5.18. The van der Waals surface area contributed by atoms with Gasteiger partial charge in [-0.25, -0.2) is 4.79 Å². The maximum Gasteiger partial charge on any atom is 0.330 e. The Morgan fingerprint density at radius 1 is 1.31 bits per heavy atom. The summed E-state index contributed by atoms with van der Waals surface area (Å²) >= 11 is 0. The van der Waals surface area contributed by atoms with Crippen LogP contribution in [0.2, 0.25) is 0 Å². The van der Waals surface area contributed by atoms with Crippen molar-refractivity contribution < 1.29 is 14.7 Å². The minimum absolute atomic E-state index is 0.499. The average Bonchev–Trinajstić information content (AvgIpc) is 2.17. The van der Waals surface area contributed by atoms with Crippen molar-refractivity contribution in [2.45, 2.75) is 32.4 Å². The Kier molecular flexibility index (Phi) is 4.04. The molecule has 0 aliphatic carbocycles. The van der Waals surface area contributed by atoms with E-state index in [2.05, 4.69) is 0 Å². The molecule has 0 saturated carbocycles. The van der Waals surface area contributed by atoms with Crippen molar-refractivity contribution in [2.75, 3.05) is 0 Å². The Morgan fingerprint density at radius 2 is 1.88 bits per heavy atom. The molecular weight excluding hydrogens is 206 g/mol. The molecule has 1 unspecified atom stereocenters. The summed E-state index contributed by atoms with van der Waals surface area (Å²) in [6.45, 7) is 5.35. The standard InChI is InChI=1S/C12H17NO3/c1-12(2,3)16-11(14)10(13-15)9-7-5-4-6-8-9/h4-8,10,13,15H,1-3H3. The predicted octanol–water partition coefficient (Wildman–Crippen LogP) is 2.05. The lowest BCUT2D eigenvalue weighted by Crippen LogP contribution is -2.33. The van der Waals surface area contributed by atoms with Crippen LogP contribution in [0.15, 0.2) is 30.3 Å². The highest BCUT2D eigenvalue weighted by Gasteiger charge is 2.25. The van der Waals surface area contributed by atoms with E-state index < -0.39 is 17.6 Å². The van der Waals surface area contributed by atoms with Gasteiger partial charge in [0, 0.05) is 0 Å². The molecule has 0 spiro atoms. The van der Waals surface area contributed by atoms with Crippen LogP contribution in [0.25, 0.3) is 0 Å². The highest BCUT2D eigenvalue weighted by Crippen LogP contribution is 2.17. The summed E-state index contributed by atoms with van der Waals surface area (Å²) in [5.41, 5.74) is 2.06. The lowest BCUT2D eigenvalue weighted by Gasteiger charge is -2.23. The van der Waals surface area contributed by atoms with E-state index in [1.807, 2.05) is 11.5 Å². The number of esters is 1. The summed E-state index contributed by atoms with van der Waals surface area (Å²) in [5, 5.41) is 9.00. The van der Waals surface area contributed by atoms with E-state index in [0.29, 0.717) is 5.56 Å². The van der Waals surface area contributed by atoms with Crippen molar-refractivity contribution in [3.8, 4) is 0 Å². The lowest BCUT2D eigenvalue weighted by atomic mass is 10.1. The number of ether oxygens (including phenoxy) is 1. The van der Waals surface area contributed by atoms with Gasteiger partial charge in [0.05, 0.1) is 0 Å². The average molecular weight is 223 g/mol. The number of hydrogen-bond acceptors (Lipinski definition) is 4. The second-order valence-electron chi connectivity index (χ2n) is 4.51. The Balaban J connectivity index is 2.80. The summed E-state index contributed by atoms with van der Waals surface area (Å²) in [5.74, 6) is -0.499. The molecule has 2 N–H and O–H groups in total. The maximum atomic E-state index is 11.7. The van der Waals surface area contributed by atoms with Crippen LogP contribution in [0.5, 0.6) is 0 Å². The van der Waals surface area contributed by atoms with Crippen molar-refractivity contribution in [1.82, 2.24) is 5.48 Å². The van der Waals surface area contributed by atoms with Gasteiger partial charge >= 0.3 is 5.97 Å². The molecule has 0 amide bonds. The van der Waals surface area contributed by atoms with Gasteiger partial charge in [-0.2, -0.15) is 5.48 Å². The smallest absolute Gasteiger partial charge is 0.330 e. The quantitative estimate of drug-likeness (QED) is 0.608. The molecule has 0 saturated heterocycles. The summed E-state index contributed by atoms with van der Waals surface area (Å²) in [7, 11) is 0. The first-order valence-corrected chi connectivity index (χ1v) is 5.11. The zero-order chi connectivity index (χ0) is 12.2. The molecule has 1 aromatic rings. The molecule has 0 fully saturated rings. The van der Waals surface area contributed by atoms with Gasteiger partial charge in [0.1, 0.15) is 5.60 Å². The largest absolute Gasteiger partial charge is 0.458 e. The molecule has 4 nitrogen and oxygen atoms in total. The number of rotatable bonds is 3. The van der Waals surface area contributed by atoms with Crippen LogP contribution in [-0.2, 0) is 9.53 Å². The fourth-order valence-corrected chi connectivity index (χ4v) is 1.27. The molecule has 4 heteroatoms. The summed E-state index contributed by atoms with van der Waals surface area (Å²) in [4.78, 5) is 11.7. The molecule has 88 valence electrons. The van der Waals surface area contributed by atoms with Gasteiger partial charge in [0.2, 0.25) is 0 Å². The Hall–Kier alpha value is -1.39. The van der Waals surface area contributed by atoms with E-state index in [9.17, 15) is 4.79 Å². The molecular formula is C12H17NO3. The lowest BCUT2D eigenvalue weighted by molar-refractivity contribution is -0.160. The molecule has 0 aliphatic rings. The third-order valence-corrected chi connectivity index (χ3v) is 1.90. The van der Waals surface area contributed by atoms with Gasteiger partial charge in [-0.3, -0.25) is 0 Å². The first-order valence-electron chi connectivity index (χ1n) is 5.11. The van der Waals surface area contributed by atoms with Crippen LogP contribution in [0, 0.1) is 0 Å². The van der Waals surface area contributed by atoms with Crippen LogP contribution >= 0.6 is 0 Å². The second-order valence-corrected chi connectivity index (χ2v) is 4.51. The van der Waals surface area contributed by atoms with Crippen molar-refractivity contribution in [1.29, 1.82) is 0 Å². The van der Waals surface area contributed by atoms with Crippen LogP contribution in [0.3, 0.4) is 0 Å². The van der Waals surface area contributed by atoms with E-state index in [-0.39, 0.29) is 0 Å². The van der Waals surface area contributed by atoms with Gasteiger partial charge in [-0.05, 0) is 26.3 Å². The fourth-order valence-electron chi connectivity index (χ4n) is 1.27. The van der Waals surface area contributed by atoms with Gasteiger partial charge in [-0.15, -0.1) is 0 Å². The van der Waals surface area contributed by atoms with Crippen molar-refractivity contribution >= 4 is 5.97 Å². The zero-order valence-electron chi connectivity index (χ0n) is 9.73. The molecule has 1 rings (SSSR count). The molecule has 1 atom stereocenters. The third-order valence-electron chi connectivity index (χ3n) is 1.90. The van der Waals surface area contributed by atoms with Gasteiger partial charge in [-0.1, -0.05) is 30.3 Å². The maximum absolute atomic E-state index is 11.7. The minimum atomic E-state index is -0.847. The normalized spacial score (nSPS) is 13.2. The number of benzene rings is 1. The first-order chi connectivity index (χ1) is 7.44. The van der Waals surface area contributed by atoms with Crippen molar-refractivity contribution in [3.05, 3.63) is 35.9 Å². The van der Waals surface area contributed by atoms with Gasteiger partial charge in [0.15, 0.2) is 6.04 Å². The molecule has 16 heavy (non-hydrogen) atoms. The van der Waals surface area contributed by atoms with E-state index in [1.165, 1.54) is 0 Å². The fraction of sp³-hybridized carbons (Fsp3) is 0.417. The monoisotopic (exact) mass is 223 g/mol. The number of carbonyl (C=O) groups is 1. The third kappa shape index (κ3) is 3.64. The Bertz CT molecular complexity index is 343. The van der Waals surface area contributed by atoms with E-state index in [4.69, 9.17) is 9.94 Å². The van der Waals surface area contributed by atoms with E-state index in [1.54, 1.807) is 45.0 Å². The summed E-state index contributed by atoms with van der Waals surface area (Å²) in [6.07, 6.45) is 0. The molecule has 0 radical (unpaired) electrons. The van der Waals surface area contributed by atoms with Gasteiger partial charge < -0.3 is 9.94 Å². The zero-order valence-corrected chi connectivity index (χ0v) is 9.73. The predicted molar refractivity (Wildman–Crippen MR) is 60.0 cm³/mol. The van der Waals surface area contributed by atoms with Crippen LogP contribution in [0.4, 0.5) is 0 Å². The SMILES string of the molecule is CC(C)(C)OC(=O)C(NO)c1ccccc1. The highest BCUT2D eigenvalue weighted by atomic mass is 16.6. The number of hydroxylamine groups is 1. The second kappa shape index (κ2) is 5.09. The van der Waals surface area contributed by atoms with Crippen molar-refractivity contribution in [2.24, 2.45) is 0 Å². The number of carbonyl (C=O) groups excluding carboxylic acids is 1. The van der Waals surface area contributed by atoms with E-state index in [0.717, 1.165) is 0 Å². The molecule has 0 bridgehead atoms. The molecule has 0 aromatic heterocycles. The molecule has 0 heterocycles. The topological polar surface area (TPSA) is 58.6 Å². The number of nitrogens with one attached hydrogen (secondary N) is 1. The Morgan fingerprint density at radius 3 is 2.31 bits per heavy atom. The molecule has 0 aliphatic heterocycles. The summed E-state index contributed by atoms with van der Waals surface area (Å²) in [6, 6.07) is 8.08. The van der Waals surface area contributed by atoms with Crippen molar-refractivity contribution in [3.63, 3.8) is 0 Å². The highest BCUT2D eigenvalue weighted by molar-refractivity contribution is 5.77. The molecule has 1 aromatic carbocycles. The van der Waals surface area contributed by atoms with E-state index >= 15 is 0 Å². The number of hydrogen-bond donors (Lipinski definition) is 2. The van der Waals surface area contributed by atoms with Crippen LogP contribution in [0.1, 0.15) is 32.4 Å².